The Kier molecular flexibility index (Phi) is 4.19. The number of allylic oxidation sites excluding steroid dienone is 1. The van der Waals surface area contributed by atoms with Crippen molar-refractivity contribution < 1.29 is 9.18 Å². The normalized spacial score (nSPS) is 22.3. The number of nitrogens with zero attached hydrogens (tertiary/aromatic N) is 2. The molecule has 4 nitrogen and oxygen atoms in total. The third kappa shape index (κ3) is 3.28. The Morgan fingerprint density at radius 3 is 2.87 bits per heavy atom. The molecule has 23 heavy (non-hydrogen) atoms. The van der Waals surface area contributed by atoms with Crippen LogP contribution in [0, 0.1) is 11.7 Å². The summed E-state index contributed by atoms with van der Waals surface area (Å²) in [6.45, 7) is 3.90. The fourth-order valence-electron chi connectivity index (χ4n) is 2.57. The van der Waals surface area contributed by atoms with Crippen LogP contribution in [0.15, 0.2) is 42.7 Å². The second-order valence-electron chi connectivity index (χ2n) is 5.86. The van der Waals surface area contributed by atoms with Crippen LogP contribution in [0.25, 0.3) is 11.3 Å². The molecule has 1 amide bonds. The molecule has 2 aromatic rings. The van der Waals surface area contributed by atoms with Gasteiger partial charge in [0.2, 0.25) is 5.91 Å². The lowest BCUT2D eigenvalue weighted by Crippen LogP contribution is -2.19. The molecule has 0 saturated carbocycles. The van der Waals surface area contributed by atoms with Crippen molar-refractivity contribution in [3.05, 3.63) is 54.3 Å². The zero-order valence-corrected chi connectivity index (χ0v) is 13.1. The quantitative estimate of drug-likeness (QED) is 0.750. The maximum atomic E-state index is 13.7. The van der Waals surface area contributed by atoms with E-state index in [-0.39, 0.29) is 23.6 Å². The van der Waals surface area contributed by atoms with Gasteiger partial charge in [0.25, 0.3) is 0 Å². The minimum atomic E-state index is -0.369. The third-order valence-corrected chi connectivity index (χ3v) is 4.04. The van der Waals surface area contributed by atoms with E-state index in [4.69, 9.17) is 0 Å². The van der Waals surface area contributed by atoms with Gasteiger partial charge in [-0.25, -0.2) is 14.4 Å². The van der Waals surface area contributed by atoms with Crippen molar-refractivity contribution in [3.8, 4) is 11.3 Å². The molecule has 118 valence electrons. The highest BCUT2D eigenvalue weighted by Gasteiger charge is 2.17. The van der Waals surface area contributed by atoms with E-state index in [1.54, 1.807) is 6.07 Å². The second kappa shape index (κ2) is 6.28. The number of hydrogen-bond donors (Lipinski definition) is 1. The Labute approximate surface area is 134 Å². The number of halogens is 1. The maximum absolute atomic E-state index is 13.7. The van der Waals surface area contributed by atoms with Gasteiger partial charge in [-0.3, -0.25) is 4.79 Å². The minimum absolute atomic E-state index is 0.128. The van der Waals surface area contributed by atoms with Crippen LogP contribution in [-0.4, -0.2) is 15.9 Å². The van der Waals surface area contributed by atoms with Crippen LogP contribution in [0.1, 0.15) is 31.9 Å². The average molecular weight is 311 g/mol. The van der Waals surface area contributed by atoms with E-state index in [0.717, 1.165) is 12.1 Å². The summed E-state index contributed by atoms with van der Waals surface area (Å²) >= 11 is 0. The van der Waals surface area contributed by atoms with Gasteiger partial charge in [-0.2, -0.15) is 0 Å². The molecule has 2 bridgehead atoms. The first-order chi connectivity index (χ1) is 11.0. The van der Waals surface area contributed by atoms with Gasteiger partial charge >= 0.3 is 0 Å². The van der Waals surface area contributed by atoms with Crippen molar-refractivity contribution in [1.82, 2.24) is 9.97 Å². The number of amides is 1. The van der Waals surface area contributed by atoms with E-state index in [0.29, 0.717) is 16.9 Å². The van der Waals surface area contributed by atoms with Gasteiger partial charge in [0.15, 0.2) is 0 Å². The first-order valence-electron chi connectivity index (χ1n) is 7.64. The third-order valence-electron chi connectivity index (χ3n) is 4.04. The fraction of sp³-hybridized carbons (Fsp3) is 0.278. The monoisotopic (exact) mass is 311 g/mol. The Morgan fingerprint density at radius 1 is 1.22 bits per heavy atom. The predicted octanol–water partition coefficient (Wildman–Crippen LogP) is 3.92. The van der Waals surface area contributed by atoms with E-state index >= 15 is 0 Å². The zero-order chi connectivity index (χ0) is 16.4. The molecule has 1 aromatic heterocycles. The highest BCUT2D eigenvalue weighted by molar-refractivity contribution is 5.97. The molecule has 5 heteroatoms. The Balaban J connectivity index is 2.16. The molecule has 1 aliphatic rings. The topological polar surface area (TPSA) is 54.9 Å². The van der Waals surface area contributed by atoms with Crippen molar-refractivity contribution in [2.24, 2.45) is 5.92 Å². The molecule has 1 aliphatic heterocycles. The van der Waals surface area contributed by atoms with Gasteiger partial charge in [-0.05, 0) is 30.7 Å². The van der Waals surface area contributed by atoms with Crippen LogP contribution in [0.4, 0.5) is 10.1 Å². The van der Waals surface area contributed by atoms with E-state index in [1.165, 1.54) is 18.5 Å². The highest BCUT2D eigenvalue weighted by atomic mass is 19.1. The number of aromatic nitrogens is 2. The lowest BCUT2D eigenvalue weighted by molar-refractivity contribution is -0.118. The molecule has 1 aromatic carbocycles. The standard InChI is InChI=1S/C18H18FN3O/c1-11-4-3-5-12(2)18(23)22-15-7-6-13(19)8-14(15)17-9-16(11)20-10-21-17/h3,5-12H,4H2,1-2H3,(H,22,23)/b5-3+/t11?,12-/m1/s1. The summed E-state index contributed by atoms with van der Waals surface area (Å²) in [6.07, 6.45) is 6.16. The Hall–Kier alpha value is -2.56. The molecule has 0 spiro atoms. The Bertz CT molecular complexity index is 773. The molecule has 2 heterocycles. The number of fused-ring (bicyclic) bond motifs is 4. The van der Waals surface area contributed by atoms with Gasteiger partial charge in [0, 0.05) is 17.2 Å². The summed E-state index contributed by atoms with van der Waals surface area (Å²) in [4.78, 5) is 20.9. The highest BCUT2D eigenvalue weighted by Crippen LogP contribution is 2.30. The lowest BCUT2D eigenvalue weighted by Gasteiger charge is -2.16. The molecule has 0 fully saturated rings. The van der Waals surface area contributed by atoms with Crippen LogP contribution in [0.2, 0.25) is 0 Å². The molecule has 1 unspecified atom stereocenters. The van der Waals surface area contributed by atoms with Crippen molar-refractivity contribution in [2.45, 2.75) is 26.2 Å². The van der Waals surface area contributed by atoms with Crippen molar-refractivity contribution in [1.29, 1.82) is 0 Å². The van der Waals surface area contributed by atoms with E-state index in [1.807, 2.05) is 25.1 Å². The predicted molar refractivity (Wildman–Crippen MR) is 87.4 cm³/mol. The van der Waals surface area contributed by atoms with Crippen LogP contribution >= 0.6 is 0 Å². The van der Waals surface area contributed by atoms with Gasteiger partial charge in [-0.1, -0.05) is 26.0 Å². The van der Waals surface area contributed by atoms with E-state index in [2.05, 4.69) is 22.2 Å². The van der Waals surface area contributed by atoms with Gasteiger partial charge < -0.3 is 5.32 Å². The molecular weight excluding hydrogens is 293 g/mol. The number of benzene rings is 1. The van der Waals surface area contributed by atoms with Crippen molar-refractivity contribution in [3.63, 3.8) is 0 Å². The Morgan fingerprint density at radius 2 is 2.04 bits per heavy atom. The summed E-state index contributed by atoms with van der Waals surface area (Å²) in [6, 6.07) is 6.14. The van der Waals surface area contributed by atoms with E-state index in [9.17, 15) is 9.18 Å². The molecule has 2 atom stereocenters. The van der Waals surface area contributed by atoms with Crippen LogP contribution in [-0.2, 0) is 4.79 Å². The van der Waals surface area contributed by atoms with Crippen LogP contribution in [0.5, 0.6) is 0 Å². The zero-order valence-electron chi connectivity index (χ0n) is 13.1. The van der Waals surface area contributed by atoms with Crippen LogP contribution < -0.4 is 5.32 Å². The average Bonchev–Trinajstić information content (AvgIpc) is 2.55. The molecule has 3 rings (SSSR count). The first-order valence-corrected chi connectivity index (χ1v) is 7.64. The molecule has 0 radical (unpaired) electrons. The summed E-state index contributed by atoms with van der Waals surface area (Å²) in [7, 11) is 0. The first kappa shape index (κ1) is 15.3. The number of rotatable bonds is 0. The SMILES string of the molecule is CC1C/C=C/[C@@H](C)C(=O)Nc2ccc(F)cc2-c2cc1ncn2. The van der Waals surface area contributed by atoms with Crippen molar-refractivity contribution >= 4 is 11.6 Å². The van der Waals surface area contributed by atoms with Crippen molar-refractivity contribution in [2.75, 3.05) is 5.32 Å². The number of carbonyl (C=O) groups is 1. The number of carbonyl (C=O) groups excluding carboxylic acids is 1. The second-order valence-corrected chi connectivity index (χ2v) is 5.86. The summed E-state index contributed by atoms with van der Waals surface area (Å²) in [5.74, 6) is -0.568. The molecule has 0 saturated heterocycles. The number of hydrogen-bond acceptors (Lipinski definition) is 3. The fourth-order valence-corrected chi connectivity index (χ4v) is 2.57. The number of anilines is 1. The molecule has 0 aliphatic carbocycles. The largest absolute Gasteiger partial charge is 0.325 e. The lowest BCUT2D eigenvalue weighted by atomic mass is 9.98. The minimum Gasteiger partial charge on any atom is -0.325 e. The smallest absolute Gasteiger partial charge is 0.231 e. The summed E-state index contributed by atoms with van der Waals surface area (Å²) in [5, 5.41) is 2.86. The molecular formula is C18H18FN3O. The van der Waals surface area contributed by atoms with Gasteiger partial charge in [0.1, 0.15) is 12.1 Å². The summed E-state index contributed by atoms with van der Waals surface area (Å²) in [5.41, 5.74) is 2.61. The number of nitrogens with one attached hydrogen (secondary N) is 1. The van der Waals surface area contributed by atoms with Gasteiger partial charge in [0.05, 0.1) is 17.3 Å². The maximum Gasteiger partial charge on any atom is 0.231 e. The van der Waals surface area contributed by atoms with Crippen LogP contribution in [0.3, 0.4) is 0 Å². The van der Waals surface area contributed by atoms with E-state index < -0.39 is 0 Å². The molecule has 1 N–H and O–H groups in total. The van der Waals surface area contributed by atoms with Gasteiger partial charge in [-0.15, -0.1) is 0 Å². The summed E-state index contributed by atoms with van der Waals surface area (Å²) < 4.78 is 13.7.